The number of hydrogen-bond donors (Lipinski definition) is 3. The molecule has 0 spiro atoms. The van der Waals surface area contributed by atoms with E-state index in [4.69, 9.17) is 13.7 Å². The van der Waals surface area contributed by atoms with E-state index in [1.807, 2.05) is 6.92 Å². The summed E-state index contributed by atoms with van der Waals surface area (Å²) in [4.78, 5) is 35.1. The predicted molar refractivity (Wildman–Crippen MR) is 126 cm³/mol. The number of aliphatic hydroxyl groups excluding tert-OH is 1. The molecule has 1 rings (SSSR count). The highest BCUT2D eigenvalue weighted by molar-refractivity contribution is 7.86. The Balaban J connectivity index is 3.36. The van der Waals surface area contributed by atoms with Gasteiger partial charge in [-0.2, -0.15) is 8.42 Å². The summed E-state index contributed by atoms with van der Waals surface area (Å²) in [6.45, 7) is 5.93. The van der Waals surface area contributed by atoms with Crippen LogP contribution in [-0.2, 0) is 33.4 Å². The average molecular weight is 518 g/mol. The van der Waals surface area contributed by atoms with Gasteiger partial charge in [0.1, 0.15) is 6.10 Å². The van der Waals surface area contributed by atoms with E-state index in [0.29, 0.717) is 12.0 Å². The van der Waals surface area contributed by atoms with E-state index in [1.165, 1.54) is 20.8 Å². The first kappa shape index (κ1) is 30.3. The summed E-state index contributed by atoms with van der Waals surface area (Å²) in [5, 5.41) is 22.3. The number of hydrogen-bond acceptors (Lipinski definition) is 9. The van der Waals surface area contributed by atoms with Gasteiger partial charge in [0.05, 0.1) is 12.4 Å². The Morgan fingerprint density at radius 2 is 1.74 bits per heavy atom. The molecule has 0 bridgehead atoms. The van der Waals surface area contributed by atoms with Crippen molar-refractivity contribution >= 4 is 28.1 Å². The van der Waals surface area contributed by atoms with Crippen molar-refractivity contribution in [1.82, 2.24) is 5.32 Å². The summed E-state index contributed by atoms with van der Waals surface area (Å²) >= 11 is 0. The predicted octanol–water partition coefficient (Wildman–Crippen LogP) is 2.39. The molecule has 0 saturated carbocycles. The van der Waals surface area contributed by atoms with Crippen LogP contribution >= 0.6 is 0 Å². The molecule has 1 aromatic rings. The molecule has 0 aliphatic rings. The number of aliphatic hydroxyl groups is 1. The Kier molecular flexibility index (Phi) is 12.1. The Labute approximate surface area is 205 Å². The second kappa shape index (κ2) is 14.0. The number of ether oxygens (including phenoxy) is 2. The molecule has 11 nitrogen and oxygen atoms in total. The minimum Gasteiger partial charge on any atom is -0.479 e. The van der Waals surface area contributed by atoms with Gasteiger partial charge in [0.15, 0.2) is 12.2 Å². The minimum atomic E-state index is -4.32. The van der Waals surface area contributed by atoms with Crippen LogP contribution in [0.4, 0.5) is 4.79 Å². The third-order valence-electron chi connectivity index (χ3n) is 5.21. The smallest absolute Gasteiger partial charge is 0.479 e. The fraction of sp³-hybridized carbons (Fsp3) is 0.609. The van der Waals surface area contributed by atoms with Gasteiger partial charge < -0.3 is 25.0 Å². The Bertz CT molecular complexity index is 933. The van der Waals surface area contributed by atoms with Gasteiger partial charge in [-0.15, -0.1) is 0 Å². The lowest BCUT2D eigenvalue weighted by molar-refractivity contribution is -0.163. The van der Waals surface area contributed by atoms with E-state index in [9.17, 15) is 33.0 Å². The highest BCUT2D eigenvalue weighted by Gasteiger charge is 2.49. The molecule has 0 aliphatic carbocycles. The van der Waals surface area contributed by atoms with Gasteiger partial charge in [0.25, 0.3) is 10.1 Å². The summed E-state index contributed by atoms with van der Waals surface area (Å²) in [5.74, 6) is -2.44. The molecule has 35 heavy (non-hydrogen) atoms. The molecule has 0 saturated heterocycles. The molecule has 1 amide bonds. The van der Waals surface area contributed by atoms with Crippen LogP contribution in [-0.4, -0.2) is 67.8 Å². The zero-order chi connectivity index (χ0) is 26.6. The molecule has 0 fully saturated rings. The molecule has 0 radical (unpaired) electrons. The number of benzene rings is 1. The topological polar surface area (TPSA) is 166 Å². The molecule has 0 heterocycles. The number of nitrogens with one attached hydrogen (secondary N) is 1. The molecule has 3 atom stereocenters. The minimum absolute atomic E-state index is 0.0203. The molecular weight excluding hydrogens is 482 g/mol. The largest absolute Gasteiger partial charge is 0.508 e. The summed E-state index contributed by atoms with van der Waals surface area (Å²) in [5.41, 5.74) is -1.44. The van der Waals surface area contributed by atoms with Gasteiger partial charge in [-0.1, -0.05) is 57.5 Å². The van der Waals surface area contributed by atoms with Crippen LogP contribution in [0.25, 0.3) is 0 Å². The van der Waals surface area contributed by atoms with E-state index in [0.717, 1.165) is 6.42 Å². The zero-order valence-electron chi connectivity index (χ0n) is 20.4. The third kappa shape index (κ3) is 10.2. The quantitative estimate of drug-likeness (QED) is 0.179. The monoisotopic (exact) mass is 517 g/mol. The van der Waals surface area contributed by atoms with E-state index < -0.39 is 51.7 Å². The molecule has 12 heteroatoms. The van der Waals surface area contributed by atoms with E-state index >= 15 is 0 Å². The molecule has 0 aromatic heterocycles. The number of amides is 1. The van der Waals surface area contributed by atoms with E-state index in [-0.39, 0.29) is 25.5 Å². The van der Waals surface area contributed by atoms with Crippen LogP contribution in [0.15, 0.2) is 30.3 Å². The van der Waals surface area contributed by atoms with Crippen molar-refractivity contribution in [3.05, 3.63) is 35.9 Å². The maximum absolute atomic E-state index is 12.8. The van der Waals surface area contributed by atoms with Crippen molar-refractivity contribution in [2.45, 2.75) is 65.3 Å². The van der Waals surface area contributed by atoms with Gasteiger partial charge in [-0.05, 0) is 18.4 Å². The first-order valence-corrected chi connectivity index (χ1v) is 12.8. The number of unbranched alkanes of at least 4 members (excludes halogenated alkanes) is 1. The lowest BCUT2D eigenvalue weighted by Crippen LogP contribution is -2.50. The van der Waals surface area contributed by atoms with E-state index in [1.54, 1.807) is 30.3 Å². The SMILES string of the molecule is CCCCOC(=O)OC(c1ccccc1)C(OS(=O)(=O)CCCNC(C)=O)C(C)(C)[C@@H](O)C(=O)O. The van der Waals surface area contributed by atoms with Gasteiger partial charge in [0.2, 0.25) is 5.91 Å². The first-order valence-electron chi connectivity index (χ1n) is 11.3. The van der Waals surface area contributed by atoms with Crippen molar-refractivity contribution in [3.63, 3.8) is 0 Å². The van der Waals surface area contributed by atoms with Crippen LogP contribution in [0.2, 0.25) is 0 Å². The van der Waals surface area contributed by atoms with Crippen molar-refractivity contribution in [2.24, 2.45) is 5.41 Å². The number of carbonyl (C=O) groups excluding carboxylic acids is 2. The number of aliphatic carboxylic acids is 1. The van der Waals surface area contributed by atoms with Gasteiger partial charge in [-0.25, -0.2) is 9.59 Å². The van der Waals surface area contributed by atoms with E-state index in [2.05, 4.69) is 5.32 Å². The molecule has 0 aliphatic heterocycles. The second-order valence-corrected chi connectivity index (χ2v) is 10.3. The molecule has 3 N–H and O–H groups in total. The number of carboxylic acids is 1. The normalized spacial score (nSPS) is 14.4. The summed E-state index contributed by atoms with van der Waals surface area (Å²) in [7, 11) is -4.32. The van der Waals surface area contributed by atoms with Crippen LogP contribution in [0.3, 0.4) is 0 Å². The molecule has 1 aromatic carbocycles. The van der Waals surface area contributed by atoms with Crippen LogP contribution < -0.4 is 5.32 Å². The summed E-state index contributed by atoms with van der Waals surface area (Å²) < 4.78 is 41.6. The molecule has 2 unspecified atom stereocenters. The Morgan fingerprint density at radius 3 is 2.29 bits per heavy atom. The second-order valence-electron chi connectivity index (χ2n) is 8.58. The number of carbonyl (C=O) groups is 3. The summed E-state index contributed by atoms with van der Waals surface area (Å²) in [6, 6.07) is 8.02. The zero-order valence-corrected chi connectivity index (χ0v) is 21.2. The van der Waals surface area contributed by atoms with Crippen molar-refractivity contribution in [1.29, 1.82) is 0 Å². The molecule has 198 valence electrons. The number of rotatable bonds is 15. The lowest BCUT2D eigenvalue weighted by atomic mass is 9.77. The van der Waals surface area contributed by atoms with Crippen LogP contribution in [0, 0.1) is 5.41 Å². The first-order chi connectivity index (χ1) is 16.3. The van der Waals surface area contributed by atoms with Crippen molar-refractivity contribution in [3.8, 4) is 0 Å². The third-order valence-corrected chi connectivity index (χ3v) is 6.50. The fourth-order valence-corrected chi connectivity index (χ4v) is 4.40. The van der Waals surface area contributed by atoms with Crippen molar-refractivity contribution < 1.29 is 46.7 Å². The maximum Gasteiger partial charge on any atom is 0.508 e. The lowest BCUT2D eigenvalue weighted by Gasteiger charge is -2.39. The van der Waals surface area contributed by atoms with Crippen LogP contribution in [0.1, 0.15) is 58.6 Å². The fourth-order valence-electron chi connectivity index (χ4n) is 3.14. The number of carboxylic acid groups (broad SMARTS) is 1. The van der Waals surface area contributed by atoms with Crippen LogP contribution in [0.5, 0.6) is 0 Å². The highest BCUT2D eigenvalue weighted by Crippen LogP contribution is 2.39. The van der Waals surface area contributed by atoms with Gasteiger partial charge >= 0.3 is 12.1 Å². The van der Waals surface area contributed by atoms with Gasteiger partial charge in [0, 0.05) is 18.9 Å². The summed E-state index contributed by atoms with van der Waals surface area (Å²) in [6.07, 6.45) is -4.86. The Hall–Kier alpha value is -2.70. The average Bonchev–Trinajstić information content (AvgIpc) is 2.79. The highest BCUT2D eigenvalue weighted by atomic mass is 32.2. The standard InChI is InChI=1S/C23H35NO10S/c1-5-6-14-32-22(29)33-18(17-11-8-7-9-12-17)20(23(3,4)19(26)21(27)28)34-35(30,31)15-10-13-24-16(2)25/h7-9,11-12,18-20,26H,5-6,10,13-15H2,1-4H3,(H,24,25)(H,27,28)/t18?,19-,20?/m0/s1. The van der Waals surface area contributed by atoms with Crippen molar-refractivity contribution in [2.75, 3.05) is 18.9 Å². The Morgan fingerprint density at radius 1 is 1.11 bits per heavy atom. The van der Waals surface area contributed by atoms with Gasteiger partial charge in [-0.3, -0.25) is 8.98 Å². The maximum atomic E-state index is 12.8. The molecular formula is C23H35NO10S.